The van der Waals surface area contributed by atoms with Gasteiger partial charge in [-0.15, -0.1) is 0 Å². The van der Waals surface area contributed by atoms with Crippen molar-refractivity contribution < 1.29 is 9.59 Å². The zero-order chi connectivity index (χ0) is 14.2. The monoisotopic (exact) mass is 284 g/mol. The number of aromatic nitrogens is 2. The average Bonchev–Trinajstić information content (AvgIpc) is 2.80. The van der Waals surface area contributed by atoms with Crippen LogP contribution in [0.15, 0.2) is 0 Å². The molecule has 1 fully saturated rings. The molecule has 1 aliphatic rings. The van der Waals surface area contributed by atoms with Crippen LogP contribution in [-0.4, -0.2) is 39.6 Å². The van der Waals surface area contributed by atoms with Crippen LogP contribution in [0.3, 0.4) is 0 Å². The SMILES string of the molecule is CCn1nc(C)c(Cl)c1CNC1CC(=O)N(C)C1=O. The van der Waals surface area contributed by atoms with Crippen molar-refractivity contribution in [3.05, 3.63) is 16.4 Å². The van der Waals surface area contributed by atoms with Gasteiger partial charge >= 0.3 is 0 Å². The highest BCUT2D eigenvalue weighted by Gasteiger charge is 2.35. The topological polar surface area (TPSA) is 67.2 Å². The molecule has 6 nitrogen and oxygen atoms in total. The van der Waals surface area contributed by atoms with Crippen molar-refractivity contribution in [2.24, 2.45) is 0 Å². The molecule has 0 saturated carbocycles. The summed E-state index contributed by atoms with van der Waals surface area (Å²) in [6.45, 7) is 4.95. The number of likely N-dealkylation sites (tertiary alicyclic amines) is 1. The number of halogens is 1. The Balaban J connectivity index is 2.08. The number of carbonyl (C=O) groups excluding carboxylic acids is 2. The highest BCUT2D eigenvalue weighted by molar-refractivity contribution is 6.31. The first-order valence-corrected chi connectivity index (χ1v) is 6.59. The van der Waals surface area contributed by atoms with Crippen LogP contribution in [0.4, 0.5) is 0 Å². The summed E-state index contributed by atoms with van der Waals surface area (Å²) >= 11 is 6.19. The van der Waals surface area contributed by atoms with Crippen LogP contribution in [-0.2, 0) is 22.7 Å². The Hall–Kier alpha value is -1.40. The maximum absolute atomic E-state index is 11.8. The first-order chi connectivity index (χ1) is 8.95. The fourth-order valence-electron chi connectivity index (χ4n) is 2.17. The van der Waals surface area contributed by atoms with Gasteiger partial charge in [0.25, 0.3) is 0 Å². The minimum Gasteiger partial charge on any atom is -0.300 e. The molecule has 1 N–H and O–H groups in total. The highest BCUT2D eigenvalue weighted by Crippen LogP contribution is 2.21. The van der Waals surface area contributed by atoms with Gasteiger partial charge in [0.2, 0.25) is 11.8 Å². The van der Waals surface area contributed by atoms with Gasteiger partial charge in [0.05, 0.1) is 28.9 Å². The number of nitrogens with zero attached hydrogens (tertiary/aromatic N) is 3. The Bertz CT molecular complexity index is 526. The minimum absolute atomic E-state index is 0.159. The van der Waals surface area contributed by atoms with E-state index in [-0.39, 0.29) is 18.2 Å². The maximum atomic E-state index is 11.8. The van der Waals surface area contributed by atoms with Crippen LogP contribution in [0.1, 0.15) is 24.7 Å². The normalized spacial score (nSPS) is 19.6. The Morgan fingerprint density at radius 1 is 1.47 bits per heavy atom. The molecule has 1 atom stereocenters. The van der Waals surface area contributed by atoms with Gasteiger partial charge < -0.3 is 0 Å². The molecule has 2 amide bonds. The molecule has 104 valence electrons. The van der Waals surface area contributed by atoms with Gasteiger partial charge in [-0.2, -0.15) is 5.10 Å². The summed E-state index contributed by atoms with van der Waals surface area (Å²) < 4.78 is 1.80. The van der Waals surface area contributed by atoms with Gasteiger partial charge in [-0.1, -0.05) is 11.6 Å². The molecule has 7 heteroatoms. The molecule has 1 aliphatic heterocycles. The summed E-state index contributed by atoms with van der Waals surface area (Å²) in [7, 11) is 1.50. The third-order valence-electron chi connectivity index (χ3n) is 3.35. The lowest BCUT2D eigenvalue weighted by Gasteiger charge is -2.12. The molecular formula is C12H17ClN4O2. The van der Waals surface area contributed by atoms with E-state index in [0.717, 1.165) is 16.3 Å². The lowest BCUT2D eigenvalue weighted by molar-refractivity contribution is -0.137. The molecule has 2 rings (SSSR count). The number of hydrogen-bond donors (Lipinski definition) is 1. The number of aryl methyl sites for hydroxylation is 2. The predicted molar refractivity (Wildman–Crippen MR) is 70.7 cm³/mol. The van der Waals surface area contributed by atoms with Crippen molar-refractivity contribution >= 4 is 23.4 Å². The molecule has 19 heavy (non-hydrogen) atoms. The highest BCUT2D eigenvalue weighted by atomic mass is 35.5. The van der Waals surface area contributed by atoms with Crippen LogP contribution in [0.2, 0.25) is 5.02 Å². The third-order valence-corrected chi connectivity index (χ3v) is 3.84. The van der Waals surface area contributed by atoms with Crippen LogP contribution < -0.4 is 5.32 Å². The van der Waals surface area contributed by atoms with Crippen molar-refractivity contribution in [2.75, 3.05) is 7.05 Å². The molecule has 0 aromatic carbocycles. The number of hydrogen-bond acceptors (Lipinski definition) is 4. The third kappa shape index (κ3) is 2.50. The molecule has 0 radical (unpaired) electrons. The zero-order valence-corrected chi connectivity index (χ0v) is 12.0. The predicted octanol–water partition coefficient (Wildman–Crippen LogP) is 0.712. The molecular weight excluding hydrogens is 268 g/mol. The number of imide groups is 1. The number of carbonyl (C=O) groups is 2. The minimum atomic E-state index is -0.464. The first kappa shape index (κ1) is 14.0. The second kappa shape index (κ2) is 5.30. The van der Waals surface area contributed by atoms with E-state index in [1.165, 1.54) is 7.05 Å². The summed E-state index contributed by atoms with van der Waals surface area (Å²) in [6.07, 6.45) is 0.201. The second-order valence-electron chi connectivity index (χ2n) is 4.59. The smallest absolute Gasteiger partial charge is 0.246 e. The van der Waals surface area contributed by atoms with Crippen molar-refractivity contribution in [3.63, 3.8) is 0 Å². The molecule has 1 aromatic heterocycles. The van der Waals surface area contributed by atoms with Crippen molar-refractivity contribution in [2.45, 2.75) is 39.4 Å². The average molecular weight is 285 g/mol. The molecule has 1 aromatic rings. The number of rotatable bonds is 4. The van der Waals surface area contributed by atoms with E-state index >= 15 is 0 Å². The quantitative estimate of drug-likeness (QED) is 0.827. The van der Waals surface area contributed by atoms with Gasteiger partial charge in [0.15, 0.2) is 0 Å². The van der Waals surface area contributed by atoms with Crippen LogP contribution in [0, 0.1) is 6.92 Å². The molecule has 1 saturated heterocycles. The Labute approximate surface area is 116 Å². The van der Waals surface area contributed by atoms with Gasteiger partial charge in [-0.05, 0) is 13.8 Å². The first-order valence-electron chi connectivity index (χ1n) is 6.21. The van der Waals surface area contributed by atoms with Crippen LogP contribution in [0.25, 0.3) is 0 Å². The maximum Gasteiger partial charge on any atom is 0.246 e. The summed E-state index contributed by atoms with van der Waals surface area (Å²) in [4.78, 5) is 24.3. The Morgan fingerprint density at radius 2 is 2.16 bits per heavy atom. The molecule has 0 aliphatic carbocycles. The van der Waals surface area contributed by atoms with Crippen LogP contribution in [0.5, 0.6) is 0 Å². The van der Waals surface area contributed by atoms with Gasteiger partial charge in [0.1, 0.15) is 0 Å². The van der Waals surface area contributed by atoms with E-state index in [1.807, 2.05) is 13.8 Å². The van der Waals surface area contributed by atoms with E-state index in [0.29, 0.717) is 18.1 Å². The Morgan fingerprint density at radius 3 is 2.68 bits per heavy atom. The Kier molecular flexibility index (Phi) is 3.91. The molecule has 0 spiro atoms. The molecule has 0 bridgehead atoms. The summed E-state index contributed by atoms with van der Waals surface area (Å²) in [5.74, 6) is -0.353. The molecule has 1 unspecified atom stereocenters. The van der Waals surface area contributed by atoms with Gasteiger partial charge in [0, 0.05) is 20.1 Å². The largest absolute Gasteiger partial charge is 0.300 e. The van der Waals surface area contributed by atoms with E-state index in [2.05, 4.69) is 10.4 Å². The summed E-state index contributed by atoms with van der Waals surface area (Å²) in [6, 6.07) is -0.464. The van der Waals surface area contributed by atoms with Crippen molar-refractivity contribution in [3.8, 4) is 0 Å². The zero-order valence-electron chi connectivity index (χ0n) is 11.2. The van der Waals surface area contributed by atoms with Crippen LogP contribution >= 0.6 is 11.6 Å². The van der Waals surface area contributed by atoms with E-state index in [4.69, 9.17) is 11.6 Å². The van der Waals surface area contributed by atoms with E-state index in [1.54, 1.807) is 4.68 Å². The number of nitrogens with one attached hydrogen (secondary N) is 1. The fourth-order valence-corrected chi connectivity index (χ4v) is 2.37. The fraction of sp³-hybridized carbons (Fsp3) is 0.583. The summed E-state index contributed by atoms with van der Waals surface area (Å²) in [5.41, 5.74) is 1.61. The number of likely N-dealkylation sites (N-methyl/N-ethyl adjacent to an activating group) is 1. The lowest BCUT2D eigenvalue weighted by atomic mass is 10.2. The number of amides is 2. The lowest BCUT2D eigenvalue weighted by Crippen LogP contribution is -2.37. The summed E-state index contributed by atoms with van der Waals surface area (Å²) in [5, 5.41) is 8.00. The van der Waals surface area contributed by atoms with Gasteiger partial charge in [-0.3, -0.25) is 24.5 Å². The van der Waals surface area contributed by atoms with Crippen molar-refractivity contribution in [1.82, 2.24) is 20.0 Å². The van der Waals surface area contributed by atoms with E-state index < -0.39 is 6.04 Å². The standard InChI is InChI=1S/C12H17ClN4O2/c1-4-17-9(11(13)7(2)15-17)6-14-8-5-10(18)16(3)12(8)19/h8,14H,4-6H2,1-3H3. The van der Waals surface area contributed by atoms with E-state index in [9.17, 15) is 9.59 Å². The second-order valence-corrected chi connectivity index (χ2v) is 4.97. The van der Waals surface area contributed by atoms with Crippen molar-refractivity contribution in [1.29, 1.82) is 0 Å². The molecule has 2 heterocycles. The van der Waals surface area contributed by atoms with Gasteiger partial charge in [-0.25, -0.2) is 0 Å².